The summed E-state index contributed by atoms with van der Waals surface area (Å²) >= 11 is 0. The Kier molecular flexibility index (Phi) is 8.50. The molecule has 7 nitrogen and oxygen atoms in total. The van der Waals surface area contributed by atoms with Crippen molar-refractivity contribution in [2.24, 2.45) is 0 Å². The van der Waals surface area contributed by atoms with E-state index in [9.17, 15) is 14.9 Å². The predicted molar refractivity (Wildman–Crippen MR) is 145 cm³/mol. The van der Waals surface area contributed by atoms with Gasteiger partial charge in [-0.3, -0.25) is 14.9 Å². The summed E-state index contributed by atoms with van der Waals surface area (Å²) in [6, 6.07) is 15.7. The van der Waals surface area contributed by atoms with Crippen LogP contribution in [0, 0.1) is 10.1 Å². The number of amides is 1. The molecule has 0 aliphatic heterocycles. The fourth-order valence-corrected chi connectivity index (χ4v) is 11.0. The Morgan fingerprint density at radius 3 is 2.20 bits per heavy atom. The maximum atomic E-state index is 13.2. The van der Waals surface area contributed by atoms with E-state index >= 15 is 0 Å². The van der Waals surface area contributed by atoms with Gasteiger partial charge in [-0.05, 0) is 47.3 Å². The van der Waals surface area contributed by atoms with Gasteiger partial charge in [-0.2, -0.15) is 0 Å². The number of nitro benzene ring substituents is 1. The molecule has 0 radical (unpaired) electrons. The fourth-order valence-electron chi connectivity index (χ4n) is 5.49. The smallest absolute Gasteiger partial charge is 0.272 e. The highest BCUT2D eigenvalue weighted by Crippen LogP contribution is 2.42. The first-order valence-corrected chi connectivity index (χ1v) is 14.5. The number of carbonyl (C=O) groups excluding carboxylic acids is 1. The Balaban J connectivity index is 1.87. The quantitative estimate of drug-likeness (QED) is 0.130. The van der Waals surface area contributed by atoms with Crippen molar-refractivity contribution in [2.45, 2.75) is 71.1 Å². The molecule has 0 saturated carbocycles. The Labute approximate surface area is 208 Å². The highest BCUT2D eigenvalue weighted by molar-refractivity contribution is 6.77. The van der Waals surface area contributed by atoms with Crippen molar-refractivity contribution in [1.29, 1.82) is 0 Å². The van der Waals surface area contributed by atoms with Gasteiger partial charge in [0.2, 0.25) is 0 Å². The molecule has 1 amide bonds. The number of aromatic nitrogens is 1. The number of para-hydroxylation sites is 1. The molecule has 0 spiro atoms. The third kappa shape index (κ3) is 5.65. The lowest BCUT2D eigenvalue weighted by Crippen LogP contribution is -2.48. The van der Waals surface area contributed by atoms with Crippen molar-refractivity contribution in [3.63, 3.8) is 0 Å². The van der Waals surface area contributed by atoms with Crippen molar-refractivity contribution >= 4 is 36.5 Å². The monoisotopic (exact) mass is 495 g/mol. The summed E-state index contributed by atoms with van der Waals surface area (Å²) in [5, 5.41) is 14.9. The number of carbonyl (C=O) groups is 1. The highest BCUT2D eigenvalue weighted by atomic mass is 28.4. The molecule has 8 heteroatoms. The van der Waals surface area contributed by atoms with E-state index in [2.05, 4.69) is 46.9 Å². The highest BCUT2D eigenvalue weighted by Gasteiger charge is 2.44. The molecular weight excluding hydrogens is 458 g/mol. The van der Waals surface area contributed by atoms with E-state index in [4.69, 9.17) is 4.43 Å². The maximum Gasteiger partial charge on any atom is 0.272 e. The largest absolute Gasteiger partial charge is 0.416 e. The zero-order valence-electron chi connectivity index (χ0n) is 21.6. The van der Waals surface area contributed by atoms with Gasteiger partial charge in [0.15, 0.2) is 8.32 Å². The van der Waals surface area contributed by atoms with Crippen LogP contribution in [0.3, 0.4) is 0 Å². The number of fused-ring (bicyclic) bond motifs is 1. The van der Waals surface area contributed by atoms with Gasteiger partial charge in [-0.1, -0.05) is 59.7 Å². The molecule has 0 aliphatic rings. The van der Waals surface area contributed by atoms with Crippen LogP contribution in [-0.2, 0) is 11.0 Å². The molecule has 3 rings (SSSR count). The van der Waals surface area contributed by atoms with Gasteiger partial charge in [0, 0.05) is 41.9 Å². The van der Waals surface area contributed by atoms with Crippen LogP contribution in [0.25, 0.3) is 10.9 Å². The number of benzene rings is 2. The molecule has 0 unspecified atom stereocenters. The number of rotatable bonds is 11. The number of hydrogen-bond donors (Lipinski definition) is 1. The molecule has 0 aliphatic carbocycles. The van der Waals surface area contributed by atoms with Crippen LogP contribution in [0.5, 0.6) is 0 Å². The van der Waals surface area contributed by atoms with E-state index in [0.717, 1.165) is 11.9 Å². The van der Waals surface area contributed by atoms with Crippen molar-refractivity contribution in [3.05, 3.63) is 70.4 Å². The molecule has 0 fully saturated rings. The molecule has 35 heavy (non-hydrogen) atoms. The number of nitro groups is 1. The van der Waals surface area contributed by atoms with E-state index in [1.165, 1.54) is 12.1 Å². The van der Waals surface area contributed by atoms with Gasteiger partial charge in [0.25, 0.3) is 11.6 Å². The third-order valence-electron chi connectivity index (χ3n) is 6.95. The van der Waals surface area contributed by atoms with E-state index in [-0.39, 0.29) is 11.6 Å². The Hall–Kier alpha value is -2.97. The fraction of sp³-hybridized carbons (Fsp3) is 0.444. The standard InChI is InChI=1S/C27H37N3O4Si/c1-19(2)35(20(3)4,21(5)6)34-16-10-15-29-25-14-13-24(30(32)33)17-22(25)18-26(29)27(31)28-23-11-8-7-9-12-23/h7-9,11-14,17-21H,10,15-16H2,1-6H3,(H,28,31). The second kappa shape index (κ2) is 11.2. The third-order valence-corrected chi connectivity index (χ3v) is 13.1. The number of nitrogens with zero attached hydrogens (tertiary/aromatic N) is 2. The Morgan fingerprint density at radius 1 is 1.00 bits per heavy atom. The van der Waals surface area contributed by atoms with Crippen molar-refractivity contribution in [3.8, 4) is 0 Å². The summed E-state index contributed by atoms with van der Waals surface area (Å²) in [5.74, 6) is -0.244. The maximum absolute atomic E-state index is 13.2. The first-order valence-electron chi connectivity index (χ1n) is 12.4. The van der Waals surface area contributed by atoms with E-state index in [1.54, 1.807) is 12.1 Å². The van der Waals surface area contributed by atoms with E-state index in [0.29, 0.717) is 46.5 Å². The molecule has 0 bridgehead atoms. The van der Waals surface area contributed by atoms with Gasteiger partial charge >= 0.3 is 0 Å². The molecular formula is C27H37N3O4Si. The van der Waals surface area contributed by atoms with Gasteiger partial charge in [-0.15, -0.1) is 0 Å². The molecule has 0 saturated heterocycles. The van der Waals surface area contributed by atoms with Crippen LogP contribution in [0.2, 0.25) is 16.6 Å². The number of nitrogens with one attached hydrogen (secondary N) is 1. The predicted octanol–water partition coefficient (Wildman–Crippen LogP) is 7.38. The average molecular weight is 496 g/mol. The molecule has 2 aromatic carbocycles. The van der Waals surface area contributed by atoms with Crippen LogP contribution < -0.4 is 5.32 Å². The Morgan fingerprint density at radius 2 is 1.63 bits per heavy atom. The summed E-state index contributed by atoms with van der Waals surface area (Å²) in [6.45, 7) is 14.8. The van der Waals surface area contributed by atoms with Gasteiger partial charge in [0.05, 0.1) is 4.92 Å². The minimum Gasteiger partial charge on any atom is -0.416 e. The van der Waals surface area contributed by atoms with Crippen LogP contribution in [0.4, 0.5) is 11.4 Å². The number of hydrogen-bond acceptors (Lipinski definition) is 4. The zero-order chi connectivity index (χ0) is 25.8. The van der Waals surface area contributed by atoms with E-state index < -0.39 is 13.2 Å². The number of aryl methyl sites for hydroxylation is 1. The topological polar surface area (TPSA) is 86.4 Å². The first-order chi connectivity index (χ1) is 16.6. The minimum absolute atomic E-state index is 0.00887. The lowest BCUT2D eigenvalue weighted by atomic mass is 10.2. The SMILES string of the molecule is CC(C)[Si](OCCCn1c(C(=O)Nc2ccccc2)cc2cc([N+](=O)[O-])ccc21)(C(C)C)C(C)C. The van der Waals surface area contributed by atoms with Gasteiger partial charge in [0.1, 0.15) is 5.69 Å². The van der Waals surface area contributed by atoms with Crippen LogP contribution in [0.1, 0.15) is 58.5 Å². The number of non-ortho nitro benzene ring substituents is 1. The lowest BCUT2D eigenvalue weighted by Gasteiger charge is -2.42. The summed E-state index contributed by atoms with van der Waals surface area (Å²) in [5.41, 5.74) is 3.49. The normalized spacial score (nSPS) is 12.1. The Bertz CT molecular complexity index is 1150. The summed E-state index contributed by atoms with van der Waals surface area (Å²) < 4.78 is 8.66. The van der Waals surface area contributed by atoms with Gasteiger partial charge < -0.3 is 14.3 Å². The lowest BCUT2D eigenvalue weighted by molar-refractivity contribution is -0.384. The van der Waals surface area contributed by atoms with Gasteiger partial charge in [-0.25, -0.2) is 0 Å². The average Bonchev–Trinajstić information content (AvgIpc) is 3.17. The van der Waals surface area contributed by atoms with Crippen molar-refractivity contribution < 1.29 is 14.1 Å². The molecule has 1 N–H and O–H groups in total. The molecule has 188 valence electrons. The molecule has 1 heterocycles. The summed E-state index contributed by atoms with van der Waals surface area (Å²) in [7, 11) is -1.97. The summed E-state index contributed by atoms with van der Waals surface area (Å²) in [6.07, 6.45) is 0.743. The zero-order valence-corrected chi connectivity index (χ0v) is 22.6. The van der Waals surface area contributed by atoms with E-state index in [1.807, 2.05) is 34.9 Å². The number of anilines is 1. The first kappa shape index (κ1) is 26.6. The van der Waals surface area contributed by atoms with Crippen LogP contribution >= 0.6 is 0 Å². The molecule has 3 aromatic rings. The minimum atomic E-state index is -1.97. The van der Waals surface area contributed by atoms with Crippen LogP contribution in [0.15, 0.2) is 54.6 Å². The second-order valence-electron chi connectivity index (χ2n) is 10.0. The summed E-state index contributed by atoms with van der Waals surface area (Å²) in [4.78, 5) is 24.1. The van der Waals surface area contributed by atoms with Crippen molar-refractivity contribution in [1.82, 2.24) is 4.57 Å². The molecule has 1 aromatic heterocycles. The second-order valence-corrected chi connectivity index (χ2v) is 15.5. The van der Waals surface area contributed by atoms with Crippen LogP contribution in [-0.4, -0.2) is 30.3 Å². The molecule has 0 atom stereocenters. The van der Waals surface area contributed by atoms with Crippen molar-refractivity contribution in [2.75, 3.05) is 11.9 Å².